The third-order valence-corrected chi connectivity index (χ3v) is 4.10. The molecule has 1 fully saturated rings. The molecule has 5 nitrogen and oxygen atoms in total. The average molecular weight is 316 g/mol. The first-order chi connectivity index (χ1) is 9.95. The molecule has 0 spiro atoms. The molecule has 21 heavy (non-hydrogen) atoms. The molecular formula is C13H14F2N2O3S. The molecule has 0 aliphatic carbocycles. The van der Waals surface area contributed by atoms with Crippen LogP contribution in [0.5, 0.6) is 0 Å². The van der Waals surface area contributed by atoms with Crippen molar-refractivity contribution < 1.29 is 23.5 Å². The molecule has 1 aromatic carbocycles. The molecule has 0 saturated carbocycles. The lowest BCUT2D eigenvalue weighted by molar-refractivity contribution is -0.137. The number of carbonyl (C=O) groups excluding carboxylic acids is 1. The van der Waals surface area contributed by atoms with E-state index < -0.39 is 29.7 Å². The second-order valence-corrected chi connectivity index (χ2v) is 5.76. The highest BCUT2D eigenvalue weighted by molar-refractivity contribution is 7.99. The highest BCUT2D eigenvalue weighted by Crippen LogP contribution is 2.21. The van der Waals surface area contributed by atoms with Crippen molar-refractivity contribution in [2.75, 3.05) is 23.4 Å². The Hall–Kier alpha value is -1.83. The first-order valence-electron chi connectivity index (χ1n) is 6.29. The zero-order chi connectivity index (χ0) is 15.4. The number of thioether (sulfide) groups is 1. The van der Waals surface area contributed by atoms with Crippen LogP contribution in [0.3, 0.4) is 0 Å². The van der Waals surface area contributed by atoms with E-state index in [0.717, 1.165) is 12.1 Å². The zero-order valence-corrected chi connectivity index (χ0v) is 11.8. The average Bonchev–Trinajstić information content (AvgIpc) is 2.37. The molecule has 8 heteroatoms. The fourth-order valence-electron chi connectivity index (χ4n) is 2.11. The molecule has 0 radical (unpaired) electrons. The third kappa shape index (κ3) is 4.32. The maximum Gasteiger partial charge on any atom is 0.322 e. The highest BCUT2D eigenvalue weighted by Gasteiger charge is 2.29. The van der Waals surface area contributed by atoms with Crippen LogP contribution >= 0.6 is 11.8 Å². The summed E-state index contributed by atoms with van der Waals surface area (Å²) in [5.74, 6) is -1.35. The van der Waals surface area contributed by atoms with Crippen LogP contribution in [0.15, 0.2) is 18.2 Å². The summed E-state index contributed by atoms with van der Waals surface area (Å²) in [4.78, 5) is 24.4. The molecule has 2 amide bonds. The van der Waals surface area contributed by atoms with E-state index >= 15 is 0 Å². The van der Waals surface area contributed by atoms with Crippen molar-refractivity contribution >= 4 is 29.4 Å². The maximum atomic E-state index is 13.1. The van der Waals surface area contributed by atoms with Gasteiger partial charge in [0.15, 0.2) is 0 Å². The largest absolute Gasteiger partial charge is 0.481 e. The van der Waals surface area contributed by atoms with E-state index in [-0.39, 0.29) is 12.1 Å². The number of amides is 2. The smallest absolute Gasteiger partial charge is 0.322 e. The van der Waals surface area contributed by atoms with Gasteiger partial charge in [0.2, 0.25) is 0 Å². The molecule has 1 aromatic rings. The number of halogens is 2. The molecule has 2 rings (SSSR count). The minimum Gasteiger partial charge on any atom is -0.481 e. The van der Waals surface area contributed by atoms with Gasteiger partial charge in [-0.15, -0.1) is 0 Å². The number of carboxylic acid groups (broad SMARTS) is 1. The SMILES string of the molecule is O=C(O)CC1CSCCN1C(=O)Nc1cc(F)cc(F)c1. The van der Waals surface area contributed by atoms with Crippen LogP contribution in [-0.4, -0.2) is 46.1 Å². The standard InChI is InChI=1S/C13H14F2N2O3S/c14-8-3-9(15)5-10(4-8)16-13(20)17-1-2-21-7-11(17)6-12(18)19/h3-5,11H,1-2,6-7H2,(H,16,20)(H,18,19). The molecule has 1 aliphatic heterocycles. The lowest BCUT2D eigenvalue weighted by Gasteiger charge is -2.34. The molecule has 0 aromatic heterocycles. The molecule has 1 saturated heterocycles. The van der Waals surface area contributed by atoms with Crippen molar-refractivity contribution in [1.29, 1.82) is 0 Å². The highest BCUT2D eigenvalue weighted by atomic mass is 32.2. The number of nitrogens with one attached hydrogen (secondary N) is 1. The number of nitrogens with zero attached hydrogens (tertiary/aromatic N) is 1. The second-order valence-electron chi connectivity index (χ2n) is 4.61. The van der Waals surface area contributed by atoms with Gasteiger partial charge in [0.1, 0.15) is 11.6 Å². The van der Waals surface area contributed by atoms with E-state index in [1.165, 1.54) is 4.90 Å². The summed E-state index contributed by atoms with van der Waals surface area (Å²) in [5.41, 5.74) is 0.00445. The van der Waals surface area contributed by atoms with E-state index in [0.29, 0.717) is 24.1 Å². The van der Waals surface area contributed by atoms with Crippen molar-refractivity contribution in [2.45, 2.75) is 12.5 Å². The van der Waals surface area contributed by atoms with Gasteiger partial charge in [0.25, 0.3) is 0 Å². The van der Waals surface area contributed by atoms with Gasteiger partial charge in [-0.25, -0.2) is 13.6 Å². The Morgan fingerprint density at radius 2 is 2.00 bits per heavy atom. The number of urea groups is 1. The van der Waals surface area contributed by atoms with Crippen molar-refractivity contribution in [3.8, 4) is 0 Å². The summed E-state index contributed by atoms with van der Waals surface area (Å²) < 4.78 is 26.2. The zero-order valence-electron chi connectivity index (χ0n) is 11.0. The number of aliphatic carboxylic acids is 1. The summed E-state index contributed by atoms with van der Waals surface area (Å²) in [5, 5.41) is 11.3. The van der Waals surface area contributed by atoms with Crippen LogP contribution in [-0.2, 0) is 4.79 Å². The quantitative estimate of drug-likeness (QED) is 0.898. The maximum absolute atomic E-state index is 13.1. The van der Waals surface area contributed by atoms with Gasteiger partial charge in [0.05, 0.1) is 12.5 Å². The van der Waals surface area contributed by atoms with Crippen molar-refractivity contribution in [3.05, 3.63) is 29.8 Å². The Kier molecular flexibility index (Phi) is 5.00. The summed E-state index contributed by atoms with van der Waals surface area (Å²) in [6, 6.07) is 1.74. The predicted molar refractivity (Wildman–Crippen MR) is 75.4 cm³/mol. The Balaban J connectivity index is 2.08. The van der Waals surface area contributed by atoms with E-state index in [2.05, 4.69) is 5.32 Å². The number of rotatable bonds is 3. The van der Waals surface area contributed by atoms with Crippen molar-refractivity contribution in [1.82, 2.24) is 4.90 Å². The lowest BCUT2D eigenvalue weighted by atomic mass is 10.2. The van der Waals surface area contributed by atoms with Crippen LogP contribution in [0.25, 0.3) is 0 Å². The summed E-state index contributed by atoms with van der Waals surface area (Å²) in [6.07, 6.45) is -0.155. The fourth-order valence-corrected chi connectivity index (χ4v) is 3.18. The Morgan fingerprint density at radius 1 is 1.33 bits per heavy atom. The number of hydrogen-bond donors (Lipinski definition) is 2. The van der Waals surface area contributed by atoms with Gasteiger partial charge in [-0.1, -0.05) is 0 Å². The molecule has 1 atom stereocenters. The van der Waals surface area contributed by atoms with Gasteiger partial charge in [-0.3, -0.25) is 4.79 Å². The van der Waals surface area contributed by atoms with Gasteiger partial charge in [-0.2, -0.15) is 11.8 Å². The Labute approximate surface area is 124 Å². The summed E-state index contributed by atoms with van der Waals surface area (Å²) in [7, 11) is 0. The predicted octanol–water partition coefficient (Wildman–Crippen LogP) is 2.39. The minimum atomic E-state index is -0.989. The lowest BCUT2D eigenvalue weighted by Crippen LogP contribution is -2.48. The number of hydrogen-bond acceptors (Lipinski definition) is 3. The van der Waals surface area contributed by atoms with E-state index in [1.807, 2.05) is 0 Å². The summed E-state index contributed by atoms with van der Waals surface area (Å²) >= 11 is 1.57. The number of benzene rings is 1. The van der Waals surface area contributed by atoms with E-state index in [4.69, 9.17) is 5.11 Å². The van der Waals surface area contributed by atoms with Gasteiger partial charge in [0, 0.05) is 29.8 Å². The van der Waals surface area contributed by atoms with Crippen molar-refractivity contribution in [2.24, 2.45) is 0 Å². The van der Waals surface area contributed by atoms with Crippen molar-refractivity contribution in [3.63, 3.8) is 0 Å². The number of carbonyl (C=O) groups is 2. The second kappa shape index (κ2) is 6.75. The molecule has 1 unspecified atom stereocenters. The number of anilines is 1. The monoisotopic (exact) mass is 316 g/mol. The van der Waals surface area contributed by atoms with Gasteiger partial charge >= 0.3 is 12.0 Å². The molecule has 2 N–H and O–H groups in total. The molecule has 0 bridgehead atoms. The first-order valence-corrected chi connectivity index (χ1v) is 7.44. The third-order valence-electron chi connectivity index (χ3n) is 3.01. The van der Waals surface area contributed by atoms with E-state index in [1.54, 1.807) is 11.8 Å². The first kappa shape index (κ1) is 15.6. The Bertz CT molecular complexity index is 536. The Morgan fingerprint density at radius 3 is 2.62 bits per heavy atom. The van der Waals surface area contributed by atoms with Gasteiger partial charge in [-0.05, 0) is 12.1 Å². The molecular weight excluding hydrogens is 302 g/mol. The van der Waals surface area contributed by atoms with E-state index in [9.17, 15) is 18.4 Å². The molecule has 1 aliphatic rings. The van der Waals surface area contributed by atoms with Crippen LogP contribution in [0.4, 0.5) is 19.3 Å². The topological polar surface area (TPSA) is 69.6 Å². The fraction of sp³-hybridized carbons (Fsp3) is 0.385. The summed E-state index contributed by atoms with van der Waals surface area (Å²) in [6.45, 7) is 0.395. The number of carboxylic acids is 1. The van der Waals surface area contributed by atoms with Crippen LogP contribution in [0.2, 0.25) is 0 Å². The van der Waals surface area contributed by atoms with Crippen LogP contribution in [0.1, 0.15) is 6.42 Å². The van der Waals surface area contributed by atoms with Crippen LogP contribution < -0.4 is 5.32 Å². The minimum absolute atomic E-state index is 0.00445. The van der Waals surface area contributed by atoms with Gasteiger partial charge < -0.3 is 15.3 Å². The normalized spacial score (nSPS) is 18.4. The molecule has 114 valence electrons. The molecule has 1 heterocycles. The van der Waals surface area contributed by atoms with Crippen LogP contribution in [0, 0.1) is 11.6 Å².